The number of carbonyl (C=O) groups excluding carboxylic acids is 1. The fraction of sp³-hybridized carbons (Fsp3) is 0.400. The fourth-order valence-corrected chi connectivity index (χ4v) is 3.68. The average molecular weight is 369 g/mol. The van der Waals surface area contributed by atoms with E-state index >= 15 is 0 Å². The number of carbonyl (C=O) groups is 2. The number of rotatable bonds is 5. The highest BCUT2D eigenvalue weighted by atomic mass is 16.4. The van der Waals surface area contributed by atoms with Crippen LogP contribution in [0, 0.1) is 6.92 Å². The molecule has 1 amide bonds. The third-order valence-corrected chi connectivity index (χ3v) is 5.09. The Bertz CT molecular complexity index is 967. The fourth-order valence-electron chi connectivity index (χ4n) is 3.68. The number of pyridine rings is 2. The number of amides is 1. The van der Waals surface area contributed by atoms with Gasteiger partial charge in [0.15, 0.2) is 0 Å². The summed E-state index contributed by atoms with van der Waals surface area (Å²) in [5, 5.41) is 9.38. The molecule has 7 heteroatoms. The summed E-state index contributed by atoms with van der Waals surface area (Å²) in [6.07, 6.45) is 6.14. The molecule has 0 radical (unpaired) electrons. The first-order chi connectivity index (χ1) is 12.9. The largest absolute Gasteiger partial charge is 0.478 e. The van der Waals surface area contributed by atoms with Crippen LogP contribution in [0.3, 0.4) is 0 Å². The van der Waals surface area contributed by atoms with Gasteiger partial charge in [0.2, 0.25) is 11.8 Å². The zero-order valence-corrected chi connectivity index (χ0v) is 15.5. The lowest BCUT2D eigenvalue weighted by molar-refractivity contribution is -0.131. The van der Waals surface area contributed by atoms with Gasteiger partial charge in [0.1, 0.15) is 11.3 Å². The molecule has 142 valence electrons. The summed E-state index contributed by atoms with van der Waals surface area (Å²) in [4.78, 5) is 41.7. The smallest absolute Gasteiger partial charge is 0.328 e. The van der Waals surface area contributed by atoms with E-state index in [1.807, 2.05) is 18.4 Å². The maximum absolute atomic E-state index is 13.0. The van der Waals surface area contributed by atoms with Gasteiger partial charge in [-0.2, -0.15) is 0 Å². The normalized spacial score (nSPS) is 17.0. The molecule has 0 spiro atoms. The standard InChI is InChI=1S/C20H23N3O4/c1-3-22-11-17(19(27)16-9-4-13(2)21-20(16)22)23(12-24)15-7-5-14(6-8-15)10-18(25)26/h4,9-12,15H,3,5-8H2,1-2H3,(H,25,26). The monoisotopic (exact) mass is 369 g/mol. The third-order valence-electron chi connectivity index (χ3n) is 5.09. The highest BCUT2D eigenvalue weighted by Gasteiger charge is 2.26. The van der Waals surface area contributed by atoms with Gasteiger partial charge in [0.05, 0.1) is 5.39 Å². The van der Waals surface area contributed by atoms with Crippen molar-refractivity contribution in [1.29, 1.82) is 0 Å². The molecule has 2 aromatic rings. The molecule has 1 fully saturated rings. The number of aryl methyl sites for hydroxylation is 2. The van der Waals surface area contributed by atoms with Crippen LogP contribution in [0.4, 0.5) is 5.69 Å². The van der Waals surface area contributed by atoms with E-state index in [0.29, 0.717) is 55.4 Å². The Morgan fingerprint density at radius 3 is 2.67 bits per heavy atom. The van der Waals surface area contributed by atoms with Crippen LogP contribution in [0.1, 0.15) is 38.3 Å². The number of aliphatic carboxylic acids is 1. The van der Waals surface area contributed by atoms with Crippen molar-refractivity contribution in [3.63, 3.8) is 0 Å². The molecule has 1 aliphatic rings. The van der Waals surface area contributed by atoms with Crippen LogP contribution < -0.4 is 10.3 Å². The van der Waals surface area contributed by atoms with Crippen LogP contribution >= 0.6 is 0 Å². The Kier molecular flexibility index (Phi) is 5.39. The molecule has 0 saturated heterocycles. The van der Waals surface area contributed by atoms with E-state index in [-0.39, 0.29) is 11.5 Å². The molecule has 2 heterocycles. The predicted molar refractivity (Wildman–Crippen MR) is 103 cm³/mol. The highest BCUT2D eigenvalue weighted by Crippen LogP contribution is 2.29. The highest BCUT2D eigenvalue weighted by molar-refractivity contribution is 5.84. The molecule has 0 bridgehead atoms. The van der Waals surface area contributed by atoms with Crippen molar-refractivity contribution in [2.24, 2.45) is 0 Å². The topological polar surface area (TPSA) is 92.5 Å². The van der Waals surface area contributed by atoms with Gasteiger partial charge in [0, 0.05) is 30.6 Å². The van der Waals surface area contributed by atoms with E-state index in [1.165, 1.54) is 11.0 Å². The van der Waals surface area contributed by atoms with Crippen molar-refractivity contribution in [3.8, 4) is 0 Å². The van der Waals surface area contributed by atoms with Crippen LogP contribution in [-0.4, -0.2) is 33.1 Å². The minimum atomic E-state index is -0.946. The number of hydrogen-bond acceptors (Lipinski definition) is 4. The molecule has 3 rings (SSSR count). The molecular formula is C20H23N3O4. The van der Waals surface area contributed by atoms with Gasteiger partial charge in [-0.05, 0) is 51.7 Å². The minimum Gasteiger partial charge on any atom is -0.478 e. The number of allylic oxidation sites excluding steroid dienone is 1. The Labute approximate surface area is 156 Å². The van der Waals surface area contributed by atoms with Crippen molar-refractivity contribution >= 4 is 29.1 Å². The number of carboxylic acids is 1. The van der Waals surface area contributed by atoms with Crippen molar-refractivity contribution < 1.29 is 14.7 Å². The second-order valence-electron chi connectivity index (χ2n) is 6.84. The lowest BCUT2D eigenvalue weighted by Crippen LogP contribution is -2.39. The summed E-state index contributed by atoms with van der Waals surface area (Å²) in [6.45, 7) is 4.47. The van der Waals surface area contributed by atoms with Crippen LogP contribution in [0.25, 0.3) is 11.0 Å². The maximum atomic E-state index is 13.0. The number of aromatic nitrogens is 2. The molecule has 0 aromatic carbocycles. The van der Waals surface area contributed by atoms with Crippen LogP contribution in [0.15, 0.2) is 34.8 Å². The molecule has 7 nitrogen and oxygen atoms in total. The number of nitrogens with zero attached hydrogens (tertiary/aromatic N) is 3. The van der Waals surface area contributed by atoms with Gasteiger partial charge in [-0.15, -0.1) is 0 Å². The predicted octanol–water partition coefficient (Wildman–Crippen LogP) is 2.64. The number of anilines is 1. The minimum absolute atomic E-state index is 0.123. The van der Waals surface area contributed by atoms with Crippen molar-refractivity contribution in [2.75, 3.05) is 4.90 Å². The number of fused-ring (bicyclic) bond motifs is 1. The van der Waals surface area contributed by atoms with Crippen molar-refractivity contribution in [3.05, 3.63) is 45.9 Å². The Balaban J connectivity index is 1.99. The second kappa shape index (κ2) is 7.73. The van der Waals surface area contributed by atoms with Gasteiger partial charge >= 0.3 is 5.97 Å². The lowest BCUT2D eigenvalue weighted by atomic mass is 9.89. The summed E-state index contributed by atoms with van der Waals surface area (Å²) >= 11 is 0. The van der Waals surface area contributed by atoms with E-state index < -0.39 is 5.97 Å². The van der Waals surface area contributed by atoms with E-state index in [4.69, 9.17) is 5.11 Å². The first-order valence-electron chi connectivity index (χ1n) is 9.11. The van der Waals surface area contributed by atoms with Crippen molar-refractivity contribution in [2.45, 2.75) is 52.1 Å². The molecule has 0 unspecified atom stereocenters. The van der Waals surface area contributed by atoms with Gasteiger partial charge in [0.25, 0.3) is 0 Å². The van der Waals surface area contributed by atoms with Crippen LogP contribution in [-0.2, 0) is 16.1 Å². The first-order valence-corrected chi connectivity index (χ1v) is 9.11. The summed E-state index contributed by atoms with van der Waals surface area (Å²) < 4.78 is 1.88. The molecule has 0 atom stereocenters. The van der Waals surface area contributed by atoms with Crippen molar-refractivity contribution in [1.82, 2.24) is 9.55 Å². The van der Waals surface area contributed by atoms with Crippen LogP contribution in [0.2, 0.25) is 0 Å². The number of hydrogen-bond donors (Lipinski definition) is 1. The summed E-state index contributed by atoms with van der Waals surface area (Å²) in [7, 11) is 0. The van der Waals surface area contributed by atoms with Gasteiger partial charge < -0.3 is 14.6 Å². The van der Waals surface area contributed by atoms with Gasteiger partial charge in [-0.25, -0.2) is 9.78 Å². The molecule has 0 aliphatic heterocycles. The molecule has 1 saturated carbocycles. The Hall–Kier alpha value is -2.96. The SMILES string of the molecule is CCn1cc(N(C=O)C2CCC(=CC(=O)O)CC2)c(=O)c2ccc(C)nc21. The zero-order chi connectivity index (χ0) is 19.6. The van der Waals surface area contributed by atoms with Gasteiger partial charge in [-0.1, -0.05) is 5.57 Å². The average Bonchev–Trinajstić information content (AvgIpc) is 2.65. The van der Waals surface area contributed by atoms with E-state index in [9.17, 15) is 14.4 Å². The quantitative estimate of drug-likeness (QED) is 0.646. The molecule has 27 heavy (non-hydrogen) atoms. The maximum Gasteiger partial charge on any atom is 0.328 e. The first kappa shape index (κ1) is 18.8. The van der Waals surface area contributed by atoms with E-state index in [2.05, 4.69) is 4.98 Å². The van der Waals surface area contributed by atoms with E-state index in [0.717, 1.165) is 11.3 Å². The molecule has 1 aliphatic carbocycles. The number of carboxylic acid groups (broad SMARTS) is 1. The second-order valence-corrected chi connectivity index (χ2v) is 6.84. The van der Waals surface area contributed by atoms with E-state index in [1.54, 1.807) is 18.3 Å². The Morgan fingerprint density at radius 1 is 1.37 bits per heavy atom. The molecule has 1 N–H and O–H groups in total. The molecular weight excluding hydrogens is 346 g/mol. The van der Waals surface area contributed by atoms with Gasteiger partial charge in [-0.3, -0.25) is 9.59 Å². The lowest BCUT2D eigenvalue weighted by Gasteiger charge is -2.32. The third kappa shape index (κ3) is 3.77. The molecule has 2 aromatic heterocycles. The summed E-state index contributed by atoms with van der Waals surface area (Å²) in [6, 6.07) is 3.43. The summed E-state index contributed by atoms with van der Waals surface area (Å²) in [5.74, 6) is -0.946. The summed E-state index contributed by atoms with van der Waals surface area (Å²) in [5.41, 5.74) is 2.46. The Morgan fingerprint density at radius 2 is 2.07 bits per heavy atom. The zero-order valence-electron chi connectivity index (χ0n) is 15.5. The van der Waals surface area contributed by atoms with Crippen LogP contribution in [0.5, 0.6) is 0 Å².